The third-order valence-corrected chi connectivity index (χ3v) is 4.68. The second-order valence-electron chi connectivity index (χ2n) is 6.51. The summed E-state index contributed by atoms with van der Waals surface area (Å²) in [6.07, 6.45) is 3.72. The standard InChI is InChI=1S/C18H22N6O4/c1-22-10-9-20-17(22)15-12-19-8-11-23(15)16(25)6-7-21-18(26)13-2-4-14(5-3-13)24(27)28/h2-5,9-10,15,19H,6-8,11-12H2,1H3,(H,21,26). The average Bonchev–Trinajstić information content (AvgIpc) is 3.13. The number of nitro groups is 1. The maximum atomic E-state index is 12.7. The van der Waals surface area contributed by atoms with E-state index < -0.39 is 4.92 Å². The van der Waals surface area contributed by atoms with Crippen LogP contribution in [0.2, 0.25) is 0 Å². The van der Waals surface area contributed by atoms with Crippen molar-refractivity contribution in [3.8, 4) is 0 Å². The van der Waals surface area contributed by atoms with Crippen LogP contribution in [0, 0.1) is 10.1 Å². The first kappa shape index (κ1) is 19.5. The van der Waals surface area contributed by atoms with Crippen molar-refractivity contribution in [1.82, 2.24) is 25.1 Å². The molecule has 1 aliphatic heterocycles. The van der Waals surface area contributed by atoms with Crippen molar-refractivity contribution in [1.29, 1.82) is 0 Å². The Bertz CT molecular complexity index is 863. The molecule has 0 saturated carbocycles. The van der Waals surface area contributed by atoms with Gasteiger partial charge in [0.1, 0.15) is 11.9 Å². The van der Waals surface area contributed by atoms with Gasteiger partial charge in [0.2, 0.25) is 5.91 Å². The van der Waals surface area contributed by atoms with Gasteiger partial charge in [-0.05, 0) is 12.1 Å². The van der Waals surface area contributed by atoms with Crippen LogP contribution in [-0.4, -0.2) is 57.4 Å². The van der Waals surface area contributed by atoms with Crippen molar-refractivity contribution in [3.63, 3.8) is 0 Å². The summed E-state index contributed by atoms with van der Waals surface area (Å²) in [6.45, 7) is 2.10. The van der Waals surface area contributed by atoms with Crippen molar-refractivity contribution >= 4 is 17.5 Å². The van der Waals surface area contributed by atoms with Gasteiger partial charge in [0.05, 0.1) is 4.92 Å². The van der Waals surface area contributed by atoms with Crippen LogP contribution >= 0.6 is 0 Å². The fourth-order valence-electron chi connectivity index (χ4n) is 3.19. The molecule has 1 unspecified atom stereocenters. The number of benzene rings is 1. The Balaban J connectivity index is 1.55. The summed E-state index contributed by atoms with van der Waals surface area (Å²) in [5, 5.41) is 16.6. The number of carbonyl (C=O) groups excluding carboxylic acids is 2. The lowest BCUT2D eigenvalue weighted by Crippen LogP contribution is -2.50. The largest absolute Gasteiger partial charge is 0.352 e. The van der Waals surface area contributed by atoms with Crippen LogP contribution in [0.25, 0.3) is 0 Å². The summed E-state index contributed by atoms with van der Waals surface area (Å²) in [5.74, 6) is 0.387. The number of rotatable bonds is 6. The Morgan fingerprint density at radius 2 is 2.11 bits per heavy atom. The molecule has 1 aromatic heterocycles. The zero-order valence-corrected chi connectivity index (χ0v) is 15.5. The van der Waals surface area contributed by atoms with Gasteiger partial charge < -0.3 is 20.1 Å². The van der Waals surface area contributed by atoms with Crippen LogP contribution in [0.15, 0.2) is 36.7 Å². The summed E-state index contributed by atoms with van der Waals surface area (Å²) >= 11 is 0. The van der Waals surface area contributed by atoms with E-state index in [1.165, 1.54) is 24.3 Å². The topological polar surface area (TPSA) is 122 Å². The Morgan fingerprint density at radius 1 is 1.36 bits per heavy atom. The molecule has 2 amide bonds. The van der Waals surface area contributed by atoms with Crippen molar-refractivity contribution in [2.24, 2.45) is 7.05 Å². The smallest absolute Gasteiger partial charge is 0.269 e. The van der Waals surface area contributed by atoms with Gasteiger partial charge in [-0.1, -0.05) is 0 Å². The molecule has 0 radical (unpaired) electrons. The minimum atomic E-state index is -0.522. The molecule has 0 spiro atoms. The second-order valence-corrected chi connectivity index (χ2v) is 6.51. The van der Waals surface area contributed by atoms with Crippen molar-refractivity contribution in [2.75, 3.05) is 26.2 Å². The highest BCUT2D eigenvalue weighted by molar-refractivity contribution is 5.94. The fourth-order valence-corrected chi connectivity index (χ4v) is 3.19. The predicted molar refractivity (Wildman–Crippen MR) is 101 cm³/mol. The molecule has 0 aliphatic carbocycles. The number of nitrogens with one attached hydrogen (secondary N) is 2. The number of carbonyl (C=O) groups is 2. The number of hydrogen-bond acceptors (Lipinski definition) is 6. The molecule has 10 heteroatoms. The Kier molecular flexibility index (Phi) is 5.99. The number of imidazole rings is 1. The number of nitrogens with zero attached hydrogens (tertiary/aromatic N) is 4. The van der Waals surface area contributed by atoms with Gasteiger partial charge in [-0.3, -0.25) is 19.7 Å². The van der Waals surface area contributed by atoms with Crippen LogP contribution in [-0.2, 0) is 11.8 Å². The first-order valence-electron chi connectivity index (χ1n) is 8.97. The molecule has 148 valence electrons. The minimum absolute atomic E-state index is 0.0569. The number of nitro benzene ring substituents is 1. The molecule has 2 heterocycles. The molecule has 10 nitrogen and oxygen atoms in total. The maximum Gasteiger partial charge on any atom is 0.269 e. The lowest BCUT2D eigenvalue weighted by molar-refractivity contribution is -0.384. The van der Waals surface area contributed by atoms with E-state index in [1.807, 2.05) is 17.8 Å². The zero-order chi connectivity index (χ0) is 20.1. The molecule has 3 rings (SSSR count). The summed E-state index contributed by atoms with van der Waals surface area (Å²) in [7, 11) is 1.89. The van der Waals surface area contributed by atoms with Gasteiger partial charge in [-0.2, -0.15) is 0 Å². The normalized spacial score (nSPS) is 16.6. The van der Waals surface area contributed by atoms with E-state index in [1.54, 1.807) is 11.1 Å². The summed E-state index contributed by atoms with van der Waals surface area (Å²) in [5.41, 5.74) is 0.233. The summed E-state index contributed by atoms with van der Waals surface area (Å²) in [4.78, 5) is 41.1. The van der Waals surface area contributed by atoms with E-state index in [0.717, 1.165) is 5.82 Å². The molecule has 1 aromatic carbocycles. The molecule has 28 heavy (non-hydrogen) atoms. The summed E-state index contributed by atoms with van der Waals surface area (Å²) < 4.78 is 1.90. The SMILES string of the molecule is Cn1ccnc1C1CNCCN1C(=O)CCNC(=O)c1ccc([N+](=O)[O-])cc1. The monoisotopic (exact) mass is 386 g/mol. The number of piperazine rings is 1. The third-order valence-electron chi connectivity index (χ3n) is 4.68. The second kappa shape index (κ2) is 8.61. The number of amides is 2. The number of aryl methyl sites for hydroxylation is 1. The molecule has 2 aromatic rings. The van der Waals surface area contributed by atoms with Crippen LogP contribution in [0.4, 0.5) is 5.69 Å². The highest BCUT2D eigenvalue weighted by atomic mass is 16.6. The van der Waals surface area contributed by atoms with Crippen molar-refractivity contribution < 1.29 is 14.5 Å². The van der Waals surface area contributed by atoms with Gasteiger partial charge in [0.25, 0.3) is 11.6 Å². The van der Waals surface area contributed by atoms with E-state index in [2.05, 4.69) is 15.6 Å². The Labute approximate surface area is 161 Å². The maximum absolute atomic E-state index is 12.7. The van der Waals surface area contributed by atoms with E-state index >= 15 is 0 Å². The van der Waals surface area contributed by atoms with Gasteiger partial charge in [0, 0.05) is 69.7 Å². The lowest BCUT2D eigenvalue weighted by atomic mass is 10.1. The predicted octanol–water partition coefficient (Wildman–Crippen LogP) is 0.621. The highest BCUT2D eigenvalue weighted by Gasteiger charge is 2.30. The highest BCUT2D eigenvalue weighted by Crippen LogP contribution is 2.21. The Hall–Kier alpha value is -3.27. The molecule has 2 N–H and O–H groups in total. The Morgan fingerprint density at radius 3 is 2.75 bits per heavy atom. The first-order valence-corrected chi connectivity index (χ1v) is 8.97. The molecule has 1 saturated heterocycles. The molecular formula is C18H22N6O4. The lowest BCUT2D eigenvalue weighted by Gasteiger charge is -2.35. The minimum Gasteiger partial charge on any atom is -0.352 e. The molecule has 1 aliphatic rings. The van der Waals surface area contributed by atoms with Crippen molar-refractivity contribution in [2.45, 2.75) is 12.5 Å². The third kappa shape index (κ3) is 4.34. The number of non-ortho nitro benzene ring substituents is 1. The number of hydrogen-bond donors (Lipinski definition) is 2. The van der Waals surface area contributed by atoms with Crippen LogP contribution in [0.5, 0.6) is 0 Å². The van der Waals surface area contributed by atoms with Crippen molar-refractivity contribution in [3.05, 3.63) is 58.2 Å². The van der Waals surface area contributed by atoms with Crippen LogP contribution in [0.1, 0.15) is 28.6 Å². The molecule has 1 atom stereocenters. The molecule has 1 fully saturated rings. The quantitative estimate of drug-likeness (QED) is 0.554. The van der Waals surface area contributed by atoms with Gasteiger partial charge >= 0.3 is 0 Å². The average molecular weight is 386 g/mol. The van der Waals surface area contributed by atoms with Crippen LogP contribution < -0.4 is 10.6 Å². The van der Waals surface area contributed by atoms with Crippen LogP contribution in [0.3, 0.4) is 0 Å². The molecular weight excluding hydrogens is 364 g/mol. The van der Waals surface area contributed by atoms with E-state index in [0.29, 0.717) is 25.2 Å². The first-order chi connectivity index (χ1) is 13.5. The van der Waals surface area contributed by atoms with Gasteiger partial charge in [-0.25, -0.2) is 4.98 Å². The number of aromatic nitrogens is 2. The van der Waals surface area contributed by atoms with E-state index in [4.69, 9.17) is 0 Å². The zero-order valence-electron chi connectivity index (χ0n) is 15.5. The fraction of sp³-hybridized carbons (Fsp3) is 0.389. The summed E-state index contributed by atoms with van der Waals surface area (Å²) in [6, 6.07) is 5.19. The van der Waals surface area contributed by atoms with Gasteiger partial charge in [0.15, 0.2) is 0 Å². The van der Waals surface area contributed by atoms with E-state index in [9.17, 15) is 19.7 Å². The van der Waals surface area contributed by atoms with Gasteiger partial charge in [-0.15, -0.1) is 0 Å². The molecule has 0 bridgehead atoms. The van der Waals surface area contributed by atoms with E-state index in [-0.39, 0.29) is 36.5 Å².